The Morgan fingerprint density at radius 3 is 2.93 bits per heavy atom. The average molecular weight is 189 g/mol. The van der Waals surface area contributed by atoms with Crippen molar-refractivity contribution in [3.8, 4) is 0 Å². The van der Waals surface area contributed by atoms with Crippen molar-refractivity contribution in [1.82, 2.24) is 0 Å². The zero-order valence-corrected chi connectivity index (χ0v) is 9.14. The van der Waals surface area contributed by atoms with Crippen LogP contribution in [-0.2, 0) is 5.41 Å². The molecule has 1 aliphatic heterocycles. The van der Waals surface area contributed by atoms with Crippen molar-refractivity contribution in [3.63, 3.8) is 0 Å². The largest absolute Gasteiger partial charge is 0.384 e. The third kappa shape index (κ3) is 1.52. The van der Waals surface area contributed by atoms with Gasteiger partial charge in [0.05, 0.1) is 0 Å². The molecule has 0 aromatic heterocycles. The number of fused-ring (bicyclic) bond motifs is 1. The minimum Gasteiger partial charge on any atom is -0.384 e. The molecule has 0 bridgehead atoms. The SMILES string of the molecule is CCCCC1(C)CNc2ccccc21. The maximum absolute atomic E-state index is 3.50. The van der Waals surface area contributed by atoms with E-state index in [0.29, 0.717) is 5.41 Å². The fourth-order valence-electron chi connectivity index (χ4n) is 2.34. The third-order valence-electron chi connectivity index (χ3n) is 3.33. The summed E-state index contributed by atoms with van der Waals surface area (Å²) in [6.07, 6.45) is 3.91. The smallest absolute Gasteiger partial charge is 0.0379 e. The molecule has 0 fully saturated rings. The van der Waals surface area contributed by atoms with Gasteiger partial charge in [0, 0.05) is 17.6 Å². The number of anilines is 1. The second-order valence-electron chi connectivity index (χ2n) is 4.56. The van der Waals surface area contributed by atoms with Crippen LogP contribution in [0.25, 0.3) is 0 Å². The van der Waals surface area contributed by atoms with Crippen molar-refractivity contribution in [3.05, 3.63) is 29.8 Å². The van der Waals surface area contributed by atoms with Gasteiger partial charge in [-0.05, 0) is 18.1 Å². The van der Waals surface area contributed by atoms with Crippen molar-refractivity contribution in [2.24, 2.45) is 0 Å². The van der Waals surface area contributed by atoms with Gasteiger partial charge in [-0.2, -0.15) is 0 Å². The summed E-state index contributed by atoms with van der Waals surface area (Å²) in [7, 11) is 0. The van der Waals surface area contributed by atoms with E-state index >= 15 is 0 Å². The summed E-state index contributed by atoms with van der Waals surface area (Å²) < 4.78 is 0. The topological polar surface area (TPSA) is 12.0 Å². The minimum atomic E-state index is 0.368. The van der Waals surface area contributed by atoms with E-state index in [1.165, 1.54) is 30.5 Å². The lowest BCUT2D eigenvalue weighted by Crippen LogP contribution is -2.23. The first kappa shape index (κ1) is 9.57. The van der Waals surface area contributed by atoms with Crippen LogP contribution in [0, 0.1) is 0 Å². The lowest BCUT2D eigenvalue weighted by molar-refractivity contribution is 0.456. The predicted molar refractivity (Wildman–Crippen MR) is 61.8 cm³/mol. The first-order chi connectivity index (χ1) is 6.76. The van der Waals surface area contributed by atoms with E-state index in [1.807, 2.05) is 0 Å². The molecule has 2 rings (SSSR count). The van der Waals surface area contributed by atoms with E-state index in [1.54, 1.807) is 0 Å². The summed E-state index contributed by atoms with van der Waals surface area (Å²) in [5.41, 5.74) is 3.21. The maximum Gasteiger partial charge on any atom is 0.0379 e. The summed E-state index contributed by atoms with van der Waals surface area (Å²) in [6, 6.07) is 8.71. The Morgan fingerprint density at radius 1 is 1.36 bits per heavy atom. The first-order valence-electron chi connectivity index (χ1n) is 5.60. The van der Waals surface area contributed by atoms with Crippen LogP contribution in [0.3, 0.4) is 0 Å². The fraction of sp³-hybridized carbons (Fsp3) is 0.538. The van der Waals surface area contributed by atoms with E-state index in [4.69, 9.17) is 0 Å². The normalized spacial score (nSPS) is 24.4. The molecule has 1 N–H and O–H groups in total. The number of unbranched alkanes of at least 4 members (excludes halogenated alkanes) is 1. The number of hydrogen-bond donors (Lipinski definition) is 1. The zero-order chi connectivity index (χ0) is 10.0. The molecule has 1 aromatic carbocycles. The Labute approximate surface area is 86.5 Å². The Hall–Kier alpha value is -0.980. The molecule has 0 spiro atoms. The molecule has 1 nitrogen and oxygen atoms in total. The number of hydrogen-bond acceptors (Lipinski definition) is 1. The summed E-state index contributed by atoms with van der Waals surface area (Å²) in [4.78, 5) is 0. The van der Waals surface area contributed by atoms with Crippen molar-refractivity contribution in [2.75, 3.05) is 11.9 Å². The van der Waals surface area contributed by atoms with Crippen LogP contribution in [-0.4, -0.2) is 6.54 Å². The number of para-hydroxylation sites is 1. The van der Waals surface area contributed by atoms with Crippen LogP contribution in [0.15, 0.2) is 24.3 Å². The monoisotopic (exact) mass is 189 g/mol. The summed E-state index contributed by atoms with van der Waals surface area (Å²) in [6.45, 7) is 5.74. The first-order valence-corrected chi connectivity index (χ1v) is 5.60. The van der Waals surface area contributed by atoms with Crippen molar-refractivity contribution in [1.29, 1.82) is 0 Å². The van der Waals surface area contributed by atoms with Gasteiger partial charge in [-0.1, -0.05) is 44.9 Å². The Bertz CT molecular complexity index is 319. The highest BCUT2D eigenvalue weighted by Crippen LogP contribution is 2.39. The molecule has 0 saturated carbocycles. The molecule has 0 radical (unpaired) electrons. The van der Waals surface area contributed by atoms with Gasteiger partial charge < -0.3 is 5.32 Å². The van der Waals surface area contributed by atoms with Gasteiger partial charge in [0.1, 0.15) is 0 Å². The van der Waals surface area contributed by atoms with Crippen molar-refractivity contribution in [2.45, 2.75) is 38.5 Å². The second kappa shape index (κ2) is 3.64. The molecule has 0 amide bonds. The molecular formula is C13H19N. The number of rotatable bonds is 3. The molecule has 14 heavy (non-hydrogen) atoms. The zero-order valence-electron chi connectivity index (χ0n) is 9.14. The van der Waals surface area contributed by atoms with Gasteiger partial charge in [0.2, 0.25) is 0 Å². The molecule has 1 aromatic rings. The van der Waals surface area contributed by atoms with E-state index in [2.05, 4.69) is 43.4 Å². The molecule has 1 aliphatic rings. The molecule has 0 saturated heterocycles. The van der Waals surface area contributed by atoms with Crippen LogP contribution in [0.4, 0.5) is 5.69 Å². The molecule has 1 heteroatoms. The molecule has 1 unspecified atom stereocenters. The van der Waals surface area contributed by atoms with Crippen LogP contribution in [0.2, 0.25) is 0 Å². The van der Waals surface area contributed by atoms with E-state index < -0.39 is 0 Å². The molecule has 76 valence electrons. The van der Waals surface area contributed by atoms with Crippen molar-refractivity contribution < 1.29 is 0 Å². The van der Waals surface area contributed by atoms with Gasteiger partial charge in [0.15, 0.2) is 0 Å². The van der Waals surface area contributed by atoms with Gasteiger partial charge >= 0.3 is 0 Å². The molecular weight excluding hydrogens is 170 g/mol. The highest BCUT2D eigenvalue weighted by molar-refractivity contribution is 5.59. The summed E-state index contributed by atoms with van der Waals surface area (Å²) in [5, 5.41) is 3.50. The Balaban J connectivity index is 2.23. The minimum absolute atomic E-state index is 0.368. The molecule has 1 atom stereocenters. The predicted octanol–water partition coefficient (Wildman–Crippen LogP) is 3.56. The second-order valence-corrected chi connectivity index (χ2v) is 4.56. The van der Waals surface area contributed by atoms with Gasteiger partial charge in [-0.25, -0.2) is 0 Å². The Morgan fingerprint density at radius 2 is 2.14 bits per heavy atom. The van der Waals surface area contributed by atoms with E-state index in [9.17, 15) is 0 Å². The van der Waals surface area contributed by atoms with Gasteiger partial charge in [-0.15, -0.1) is 0 Å². The highest BCUT2D eigenvalue weighted by atomic mass is 14.9. The highest BCUT2D eigenvalue weighted by Gasteiger charge is 2.32. The quantitative estimate of drug-likeness (QED) is 0.766. The Kier molecular flexibility index (Phi) is 2.49. The summed E-state index contributed by atoms with van der Waals surface area (Å²) >= 11 is 0. The lowest BCUT2D eigenvalue weighted by Gasteiger charge is -2.23. The standard InChI is InChI=1S/C13H19N/c1-3-4-9-13(2)10-14-12-8-6-5-7-11(12)13/h5-8,14H,3-4,9-10H2,1-2H3. The van der Waals surface area contributed by atoms with Crippen LogP contribution < -0.4 is 5.32 Å². The van der Waals surface area contributed by atoms with Crippen LogP contribution >= 0.6 is 0 Å². The number of nitrogens with one attached hydrogen (secondary N) is 1. The van der Waals surface area contributed by atoms with Crippen molar-refractivity contribution >= 4 is 5.69 Å². The van der Waals surface area contributed by atoms with Gasteiger partial charge in [0.25, 0.3) is 0 Å². The van der Waals surface area contributed by atoms with Crippen LogP contribution in [0.5, 0.6) is 0 Å². The fourth-order valence-corrected chi connectivity index (χ4v) is 2.34. The third-order valence-corrected chi connectivity index (χ3v) is 3.33. The van der Waals surface area contributed by atoms with Gasteiger partial charge in [-0.3, -0.25) is 0 Å². The molecule has 0 aliphatic carbocycles. The van der Waals surface area contributed by atoms with E-state index in [0.717, 1.165) is 6.54 Å². The molecule has 1 heterocycles. The van der Waals surface area contributed by atoms with Crippen LogP contribution in [0.1, 0.15) is 38.7 Å². The van der Waals surface area contributed by atoms with E-state index in [-0.39, 0.29) is 0 Å². The lowest BCUT2D eigenvalue weighted by atomic mass is 9.80. The summed E-state index contributed by atoms with van der Waals surface area (Å²) in [5.74, 6) is 0. The maximum atomic E-state index is 3.50. The number of benzene rings is 1. The average Bonchev–Trinajstić information content (AvgIpc) is 2.55.